The fraction of sp³-hybridized carbons (Fsp3) is 0.692. The lowest BCUT2D eigenvalue weighted by Gasteiger charge is -2.54. The highest BCUT2D eigenvalue weighted by atomic mass is 16.6. The van der Waals surface area contributed by atoms with E-state index >= 15 is 0 Å². The molecule has 2 unspecified atom stereocenters. The Labute approximate surface area is 201 Å². The standard InChI is InChI=1S/C26H36O8/c1-13-8-10-20(31-16(4)27)26(7)21(32-17(5)28)11-9-14(2)23(26)24(33-18(6)29)22-15(3)25(30)34-19(22)12-13/h12,15,19-24H,2,8-11H2,1,3-7H3/b13-12-/t15-,19+,20-,21+,22?,23-,24?,26+/m1/s1. The van der Waals surface area contributed by atoms with E-state index in [9.17, 15) is 19.2 Å². The number of allylic oxidation sites excluding steroid dienone is 1. The van der Waals surface area contributed by atoms with Crippen LogP contribution in [0.15, 0.2) is 23.8 Å². The molecule has 3 aliphatic rings. The maximum absolute atomic E-state index is 12.7. The zero-order valence-electron chi connectivity index (χ0n) is 20.9. The van der Waals surface area contributed by atoms with Gasteiger partial charge in [-0.2, -0.15) is 0 Å². The number of carbonyl (C=O) groups is 4. The van der Waals surface area contributed by atoms with Crippen LogP contribution in [0.2, 0.25) is 0 Å². The number of esters is 4. The topological polar surface area (TPSA) is 105 Å². The molecule has 2 fully saturated rings. The van der Waals surface area contributed by atoms with Crippen LogP contribution in [0.25, 0.3) is 0 Å². The van der Waals surface area contributed by atoms with Crippen LogP contribution in [0, 0.1) is 23.2 Å². The summed E-state index contributed by atoms with van der Waals surface area (Å²) in [4.78, 5) is 49.3. The molecule has 1 saturated heterocycles. The van der Waals surface area contributed by atoms with Gasteiger partial charge in [-0.15, -0.1) is 0 Å². The van der Waals surface area contributed by atoms with Gasteiger partial charge >= 0.3 is 23.9 Å². The third kappa shape index (κ3) is 4.91. The van der Waals surface area contributed by atoms with Gasteiger partial charge in [0.25, 0.3) is 0 Å². The molecule has 0 amide bonds. The lowest BCUT2D eigenvalue weighted by molar-refractivity contribution is -0.198. The number of hydrogen-bond donors (Lipinski definition) is 0. The summed E-state index contributed by atoms with van der Waals surface area (Å²) in [5.74, 6) is -3.28. The third-order valence-corrected chi connectivity index (χ3v) is 7.68. The first-order chi connectivity index (χ1) is 15.9. The van der Waals surface area contributed by atoms with Crippen molar-refractivity contribution in [3.8, 4) is 0 Å². The van der Waals surface area contributed by atoms with Crippen molar-refractivity contribution in [2.45, 2.75) is 91.6 Å². The van der Waals surface area contributed by atoms with Crippen molar-refractivity contribution in [3.63, 3.8) is 0 Å². The largest absolute Gasteiger partial charge is 0.462 e. The van der Waals surface area contributed by atoms with E-state index in [0.717, 1.165) is 11.1 Å². The molecule has 188 valence electrons. The minimum Gasteiger partial charge on any atom is -0.462 e. The van der Waals surface area contributed by atoms with Gasteiger partial charge in [-0.3, -0.25) is 19.2 Å². The van der Waals surface area contributed by atoms with Gasteiger partial charge in [0.2, 0.25) is 0 Å². The van der Waals surface area contributed by atoms with Crippen LogP contribution in [-0.4, -0.2) is 48.3 Å². The van der Waals surface area contributed by atoms with Gasteiger partial charge in [0.1, 0.15) is 24.4 Å². The van der Waals surface area contributed by atoms with E-state index in [1.807, 2.05) is 19.9 Å². The molecule has 1 saturated carbocycles. The van der Waals surface area contributed by atoms with Crippen molar-refractivity contribution < 1.29 is 38.1 Å². The second-order valence-corrected chi connectivity index (χ2v) is 10.1. The lowest BCUT2D eigenvalue weighted by atomic mass is 9.55. The summed E-state index contributed by atoms with van der Waals surface area (Å²) in [5, 5.41) is 0. The van der Waals surface area contributed by atoms with Gasteiger partial charge < -0.3 is 18.9 Å². The summed E-state index contributed by atoms with van der Waals surface area (Å²) in [6.07, 6.45) is 1.41. The summed E-state index contributed by atoms with van der Waals surface area (Å²) < 4.78 is 23.4. The molecule has 1 aliphatic heterocycles. The van der Waals surface area contributed by atoms with Gasteiger partial charge in [-0.25, -0.2) is 0 Å². The molecule has 0 radical (unpaired) electrons. The van der Waals surface area contributed by atoms with Gasteiger partial charge in [-0.1, -0.05) is 31.6 Å². The average Bonchev–Trinajstić information content (AvgIpc) is 2.98. The SMILES string of the molecule is C=C1CC[C@H](OC(C)=O)[C@@]2(C)[C@H]1C(OC(C)=O)C1[C@H](/C=C(/C)CC[C@H]2OC(C)=O)OC(=O)[C@@H]1C. The Morgan fingerprint density at radius 3 is 2.06 bits per heavy atom. The molecular weight excluding hydrogens is 440 g/mol. The van der Waals surface area contributed by atoms with Crippen molar-refractivity contribution in [2.75, 3.05) is 0 Å². The molecule has 0 aromatic heterocycles. The van der Waals surface area contributed by atoms with E-state index in [1.54, 1.807) is 6.92 Å². The zero-order valence-corrected chi connectivity index (χ0v) is 20.9. The van der Waals surface area contributed by atoms with E-state index in [2.05, 4.69) is 6.58 Å². The minimum atomic E-state index is -0.944. The highest BCUT2D eigenvalue weighted by Crippen LogP contribution is 2.55. The van der Waals surface area contributed by atoms with E-state index in [4.69, 9.17) is 18.9 Å². The quantitative estimate of drug-likeness (QED) is 0.345. The third-order valence-electron chi connectivity index (χ3n) is 7.68. The molecule has 0 bridgehead atoms. The Morgan fingerprint density at radius 2 is 1.53 bits per heavy atom. The first-order valence-electron chi connectivity index (χ1n) is 11.9. The molecule has 0 N–H and O–H groups in total. The monoisotopic (exact) mass is 476 g/mol. The second-order valence-electron chi connectivity index (χ2n) is 10.1. The maximum Gasteiger partial charge on any atom is 0.309 e. The van der Waals surface area contributed by atoms with Crippen molar-refractivity contribution >= 4 is 23.9 Å². The first-order valence-corrected chi connectivity index (χ1v) is 11.9. The number of hydrogen-bond acceptors (Lipinski definition) is 8. The van der Waals surface area contributed by atoms with Crippen LogP contribution >= 0.6 is 0 Å². The first kappa shape index (κ1) is 26.0. The summed E-state index contributed by atoms with van der Waals surface area (Å²) in [5.41, 5.74) is 0.831. The van der Waals surface area contributed by atoms with Crippen molar-refractivity contribution in [1.29, 1.82) is 0 Å². The summed E-state index contributed by atoms with van der Waals surface area (Å²) in [7, 11) is 0. The number of ether oxygens (including phenoxy) is 4. The molecule has 8 heteroatoms. The van der Waals surface area contributed by atoms with Crippen molar-refractivity contribution in [1.82, 2.24) is 0 Å². The van der Waals surface area contributed by atoms with Crippen LogP contribution in [-0.2, 0) is 38.1 Å². The zero-order chi connectivity index (χ0) is 25.4. The van der Waals surface area contributed by atoms with Gasteiger partial charge in [0.15, 0.2) is 0 Å². The molecule has 2 aliphatic carbocycles. The summed E-state index contributed by atoms with van der Waals surface area (Å²) in [6.45, 7) is 14.0. The molecular formula is C26H36O8. The Balaban J connectivity index is 2.26. The maximum atomic E-state index is 12.7. The van der Waals surface area contributed by atoms with Crippen LogP contribution in [0.3, 0.4) is 0 Å². The molecule has 3 rings (SSSR count). The van der Waals surface area contributed by atoms with E-state index in [0.29, 0.717) is 25.7 Å². The van der Waals surface area contributed by atoms with E-state index < -0.39 is 65.5 Å². The molecule has 0 spiro atoms. The molecule has 1 heterocycles. The van der Waals surface area contributed by atoms with Crippen LogP contribution < -0.4 is 0 Å². The number of rotatable bonds is 3. The second kappa shape index (κ2) is 9.92. The van der Waals surface area contributed by atoms with Crippen molar-refractivity contribution in [3.05, 3.63) is 23.8 Å². The fourth-order valence-electron chi connectivity index (χ4n) is 6.16. The Kier molecular flexibility index (Phi) is 7.58. The predicted molar refractivity (Wildman–Crippen MR) is 122 cm³/mol. The Hall–Kier alpha value is -2.64. The van der Waals surface area contributed by atoms with E-state index in [1.165, 1.54) is 20.8 Å². The molecule has 0 aromatic rings. The smallest absolute Gasteiger partial charge is 0.309 e. The average molecular weight is 477 g/mol. The highest BCUT2D eigenvalue weighted by molar-refractivity contribution is 5.75. The highest BCUT2D eigenvalue weighted by Gasteiger charge is 2.61. The van der Waals surface area contributed by atoms with Crippen LogP contribution in [0.1, 0.15) is 67.2 Å². The molecule has 8 nitrogen and oxygen atoms in total. The van der Waals surface area contributed by atoms with E-state index in [-0.39, 0.29) is 5.97 Å². The molecule has 8 atom stereocenters. The van der Waals surface area contributed by atoms with Gasteiger partial charge in [0.05, 0.1) is 17.3 Å². The molecule has 34 heavy (non-hydrogen) atoms. The summed E-state index contributed by atoms with van der Waals surface area (Å²) >= 11 is 0. The lowest BCUT2D eigenvalue weighted by Crippen LogP contribution is -2.60. The fourth-order valence-corrected chi connectivity index (χ4v) is 6.16. The van der Waals surface area contributed by atoms with Gasteiger partial charge in [0, 0.05) is 26.7 Å². The number of carbonyl (C=O) groups excluding carboxylic acids is 4. The van der Waals surface area contributed by atoms with Crippen molar-refractivity contribution in [2.24, 2.45) is 23.2 Å². The normalized spacial score (nSPS) is 39.5. The van der Waals surface area contributed by atoms with Crippen LogP contribution in [0.4, 0.5) is 0 Å². The molecule has 0 aromatic carbocycles. The Bertz CT molecular complexity index is 904. The number of fused-ring (bicyclic) bond motifs is 2. The predicted octanol–water partition coefficient (Wildman–Crippen LogP) is 3.67. The Morgan fingerprint density at radius 1 is 1.00 bits per heavy atom. The van der Waals surface area contributed by atoms with Gasteiger partial charge in [-0.05, 0) is 38.7 Å². The minimum absolute atomic E-state index is 0.355. The van der Waals surface area contributed by atoms with Crippen LogP contribution in [0.5, 0.6) is 0 Å². The summed E-state index contributed by atoms with van der Waals surface area (Å²) in [6, 6.07) is 0.